The molecular formula is C16H20N4O3S. The number of hydrogen-bond donors (Lipinski definition) is 1. The van der Waals surface area contributed by atoms with Gasteiger partial charge >= 0.3 is 0 Å². The molecule has 0 bridgehead atoms. The number of carbonyl (C=O) groups is 3. The fraction of sp³-hybridized carbons (Fsp3) is 0.688. The molecule has 1 aromatic rings. The van der Waals surface area contributed by atoms with Crippen molar-refractivity contribution in [3.8, 4) is 0 Å². The molecule has 3 aliphatic rings. The van der Waals surface area contributed by atoms with Crippen LogP contribution in [0.15, 0.2) is 0 Å². The van der Waals surface area contributed by atoms with E-state index in [0.29, 0.717) is 11.0 Å². The highest BCUT2D eigenvalue weighted by Crippen LogP contribution is 2.42. The predicted molar refractivity (Wildman–Crippen MR) is 87.3 cm³/mol. The van der Waals surface area contributed by atoms with Gasteiger partial charge in [-0.2, -0.15) is 0 Å². The summed E-state index contributed by atoms with van der Waals surface area (Å²) in [7, 11) is 0. The van der Waals surface area contributed by atoms with Crippen LogP contribution in [-0.4, -0.2) is 39.4 Å². The quantitative estimate of drug-likeness (QED) is 0.821. The Morgan fingerprint density at radius 2 is 1.75 bits per heavy atom. The van der Waals surface area contributed by atoms with Crippen molar-refractivity contribution in [2.24, 2.45) is 11.8 Å². The molecule has 4 rings (SSSR count). The van der Waals surface area contributed by atoms with Crippen molar-refractivity contribution >= 4 is 34.2 Å². The smallest absolute Gasteiger partial charge is 0.233 e. The van der Waals surface area contributed by atoms with E-state index in [-0.39, 0.29) is 42.5 Å². The average molecular weight is 348 g/mol. The van der Waals surface area contributed by atoms with Crippen molar-refractivity contribution in [1.29, 1.82) is 0 Å². The molecule has 1 N–H and O–H groups in total. The van der Waals surface area contributed by atoms with Gasteiger partial charge in [-0.15, -0.1) is 10.2 Å². The molecule has 2 heterocycles. The Morgan fingerprint density at radius 1 is 1.08 bits per heavy atom. The van der Waals surface area contributed by atoms with Crippen LogP contribution in [0.2, 0.25) is 0 Å². The summed E-state index contributed by atoms with van der Waals surface area (Å²) in [6, 6.07) is 0. The Bertz CT molecular complexity index is 661. The topological polar surface area (TPSA) is 92.3 Å². The summed E-state index contributed by atoms with van der Waals surface area (Å²) in [6.45, 7) is 0.158. The summed E-state index contributed by atoms with van der Waals surface area (Å²) >= 11 is 1.41. The van der Waals surface area contributed by atoms with Crippen LogP contribution in [0.5, 0.6) is 0 Å². The number of rotatable bonds is 5. The van der Waals surface area contributed by atoms with Gasteiger partial charge in [0.2, 0.25) is 22.9 Å². The van der Waals surface area contributed by atoms with Gasteiger partial charge in [-0.1, -0.05) is 24.2 Å². The minimum atomic E-state index is -0.232. The number of hydrogen-bond acceptors (Lipinski definition) is 6. The molecule has 3 fully saturated rings. The van der Waals surface area contributed by atoms with E-state index in [4.69, 9.17) is 0 Å². The second kappa shape index (κ2) is 6.23. The van der Waals surface area contributed by atoms with Crippen LogP contribution in [0.1, 0.15) is 55.9 Å². The zero-order chi connectivity index (χ0) is 16.7. The van der Waals surface area contributed by atoms with Crippen molar-refractivity contribution in [3.63, 3.8) is 0 Å². The molecule has 1 aromatic heterocycles. The maximum absolute atomic E-state index is 12.4. The van der Waals surface area contributed by atoms with Crippen LogP contribution >= 0.6 is 11.3 Å². The van der Waals surface area contributed by atoms with Crippen molar-refractivity contribution in [2.45, 2.75) is 50.9 Å². The Kier molecular flexibility index (Phi) is 4.07. The maximum atomic E-state index is 12.4. The first-order chi connectivity index (χ1) is 11.6. The molecule has 2 saturated carbocycles. The van der Waals surface area contributed by atoms with Crippen LogP contribution < -0.4 is 5.32 Å². The normalized spacial score (nSPS) is 26.6. The van der Waals surface area contributed by atoms with E-state index in [9.17, 15) is 14.4 Å². The zero-order valence-corrected chi connectivity index (χ0v) is 14.2. The van der Waals surface area contributed by atoms with Crippen molar-refractivity contribution in [2.75, 3.05) is 11.9 Å². The lowest BCUT2D eigenvalue weighted by atomic mass is 9.81. The van der Waals surface area contributed by atoms with Crippen molar-refractivity contribution in [3.05, 3.63) is 5.01 Å². The van der Waals surface area contributed by atoms with Gasteiger partial charge in [-0.3, -0.25) is 19.3 Å². The minimum absolute atomic E-state index is 0.0931. The van der Waals surface area contributed by atoms with Gasteiger partial charge in [-0.05, 0) is 25.7 Å². The van der Waals surface area contributed by atoms with E-state index in [1.54, 1.807) is 0 Å². The molecule has 128 valence electrons. The summed E-state index contributed by atoms with van der Waals surface area (Å²) in [6.07, 6.45) is 6.01. The fourth-order valence-electron chi connectivity index (χ4n) is 3.63. The van der Waals surface area contributed by atoms with E-state index in [2.05, 4.69) is 15.5 Å². The molecular weight excluding hydrogens is 328 g/mol. The highest BCUT2D eigenvalue weighted by atomic mass is 32.1. The lowest BCUT2D eigenvalue weighted by Gasteiger charge is -2.19. The summed E-state index contributed by atoms with van der Waals surface area (Å²) in [4.78, 5) is 38.1. The fourth-order valence-corrected chi connectivity index (χ4v) is 4.56. The molecule has 0 unspecified atom stereocenters. The van der Waals surface area contributed by atoms with E-state index in [1.165, 1.54) is 16.2 Å². The summed E-state index contributed by atoms with van der Waals surface area (Å²) < 4.78 is 0. The van der Waals surface area contributed by atoms with Gasteiger partial charge in [0.25, 0.3) is 0 Å². The number of amides is 3. The number of nitrogens with one attached hydrogen (secondary N) is 1. The largest absolute Gasteiger partial charge is 0.300 e. The highest BCUT2D eigenvalue weighted by molar-refractivity contribution is 7.15. The summed E-state index contributed by atoms with van der Waals surface area (Å²) in [5, 5.41) is 12.2. The first-order valence-electron chi connectivity index (χ1n) is 8.62. The van der Waals surface area contributed by atoms with Crippen LogP contribution in [0.4, 0.5) is 5.13 Å². The molecule has 8 heteroatoms. The highest BCUT2D eigenvalue weighted by Gasteiger charge is 2.47. The molecule has 7 nitrogen and oxygen atoms in total. The van der Waals surface area contributed by atoms with E-state index in [1.807, 2.05) is 0 Å². The predicted octanol–water partition coefficient (Wildman–Crippen LogP) is 1.92. The second-order valence-corrected chi connectivity index (χ2v) is 7.85. The molecule has 24 heavy (non-hydrogen) atoms. The first-order valence-corrected chi connectivity index (χ1v) is 9.43. The molecule has 2 atom stereocenters. The van der Waals surface area contributed by atoms with Crippen LogP contribution in [0, 0.1) is 11.8 Å². The number of likely N-dealkylation sites (tertiary alicyclic amines) is 1. The number of nitrogens with zero attached hydrogens (tertiary/aromatic N) is 3. The van der Waals surface area contributed by atoms with Gasteiger partial charge in [-0.25, -0.2) is 0 Å². The number of aromatic nitrogens is 2. The lowest BCUT2D eigenvalue weighted by Crippen LogP contribution is -2.34. The van der Waals surface area contributed by atoms with E-state index < -0.39 is 0 Å². The number of carbonyl (C=O) groups excluding carboxylic acids is 3. The number of imide groups is 1. The first kappa shape index (κ1) is 15.7. The van der Waals surface area contributed by atoms with Gasteiger partial charge in [0.15, 0.2) is 0 Å². The third-order valence-electron chi connectivity index (χ3n) is 5.11. The third-order valence-corrected chi connectivity index (χ3v) is 6.11. The van der Waals surface area contributed by atoms with Crippen LogP contribution in [0.25, 0.3) is 0 Å². The maximum Gasteiger partial charge on any atom is 0.233 e. The van der Waals surface area contributed by atoms with Gasteiger partial charge < -0.3 is 5.32 Å². The van der Waals surface area contributed by atoms with E-state index in [0.717, 1.165) is 43.5 Å². The van der Waals surface area contributed by atoms with Crippen LogP contribution in [-0.2, 0) is 14.4 Å². The Morgan fingerprint density at radius 3 is 2.38 bits per heavy atom. The van der Waals surface area contributed by atoms with Crippen molar-refractivity contribution in [1.82, 2.24) is 15.1 Å². The van der Waals surface area contributed by atoms with Gasteiger partial charge in [0, 0.05) is 18.9 Å². The van der Waals surface area contributed by atoms with Gasteiger partial charge in [0.05, 0.1) is 11.8 Å². The second-order valence-electron chi connectivity index (χ2n) is 6.84. The molecule has 3 amide bonds. The summed E-state index contributed by atoms with van der Waals surface area (Å²) in [5.74, 6) is -0.216. The number of fused-ring (bicyclic) bond motifs is 1. The van der Waals surface area contributed by atoms with E-state index >= 15 is 0 Å². The average Bonchev–Trinajstić information content (AvgIpc) is 3.29. The monoisotopic (exact) mass is 348 g/mol. The molecule has 0 radical (unpaired) electrons. The Balaban J connectivity index is 1.31. The molecule has 0 spiro atoms. The van der Waals surface area contributed by atoms with Crippen molar-refractivity contribution < 1.29 is 14.4 Å². The van der Waals surface area contributed by atoms with Gasteiger partial charge in [0.1, 0.15) is 5.01 Å². The minimum Gasteiger partial charge on any atom is -0.300 e. The molecule has 1 aliphatic heterocycles. The Labute approximate surface area is 143 Å². The third kappa shape index (κ3) is 2.94. The standard InChI is InChI=1S/C16H20N4O3S/c21-12(17-16-19-18-13(24-16)9-5-6-9)7-8-20-14(22)10-3-1-2-4-11(10)15(20)23/h9-11H,1-8H2,(H,17,19,21)/t10-,11+. The molecule has 0 aromatic carbocycles. The number of anilines is 1. The summed E-state index contributed by atoms with van der Waals surface area (Å²) in [5.41, 5.74) is 0. The lowest BCUT2D eigenvalue weighted by molar-refractivity contribution is -0.140. The van der Waals surface area contributed by atoms with Crippen LogP contribution in [0.3, 0.4) is 0 Å². The molecule has 2 aliphatic carbocycles. The SMILES string of the molecule is O=C(CCN1C(=O)[C@H]2CCCC[C@H]2C1=O)Nc1nnc(C2CC2)s1. The Hall–Kier alpha value is -1.83. The zero-order valence-electron chi connectivity index (χ0n) is 13.4. The molecule has 1 saturated heterocycles.